The van der Waals surface area contributed by atoms with Gasteiger partial charge >= 0.3 is 5.97 Å². The van der Waals surface area contributed by atoms with Crippen molar-refractivity contribution in [2.75, 3.05) is 13.2 Å². The van der Waals surface area contributed by atoms with Crippen LogP contribution in [-0.2, 0) is 6.54 Å². The van der Waals surface area contributed by atoms with Crippen LogP contribution in [0.5, 0.6) is 0 Å². The second-order valence-electron chi connectivity index (χ2n) is 3.07. The Hall–Kier alpha value is -1.46. The van der Waals surface area contributed by atoms with Crippen LogP contribution in [-0.4, -0.2) is 34.3 Å². The number of aromatic nitrogens is 1. The number of aliphatic hydroxyl groups is 1. The first-order chi connectivity index (χ1) is 7.24. The number of rotatable bonds is 6. The minimum atomic E-state index is -1.02. The molecule has 1 heterocycles. The van der Waals surface area contributed by atoms with Gasteiger partial charge in [-0.05, 0) is 25.1 Å². The largest absolute Gasteiger partial charge is 0.477 e. The van der Waals surface area contributed by atoms with Crippen LogP contribution in [0, 0.1) is 0 Å². The fourth-order valence-corrected chi connectivity index (χ4v) is 1.12. The van der Waals surface area contributed by atoms with E-state index in [2.05, 4.69) is 10.3 Å². The number of pyridine rings is 1. The molecule has 0 bridgehead atoms. The van der Waals surface area contributed by atoms with Gasteiger partial charge in [0.15, 0.2) is 0 Å². The highest BCUT2D eigenvalue weighted by Gasteiger charge is 2.04. The maximum atomic E-state index is 10.6. The molecule has 0 unspecified atom stereocenters. The SMILES string of the molecule is O=C(O)c1cccc(CNCCCO)n1. The quantitative estimate of drug-likeness (QED) is 0.586. The Balaban J connectivity index is 2.47. The molecule has 0 radical (unpaired) electrons. The standard InChI is InChI=1S/C10H14N2O3/c13-6-2-5-11-7-8-3-1-4-9(12-8)10(14)15/h1,3-4,11,13H,2,5-7H2,(H,14,15). The van der Waals surface area contributed by atoms with Gasteiger partial charge in [0.25, 0.3) is 0 Å². The molecule has 0 amide bonds. The van der Waals surface area contributed by atoms with Gasteiger partial charge in [0, 0.05) is 13.2 Å². The predicted octanol–water partition coefficient (Wildman–Crippen LogP) is 0.252. The minimum absolute atomic E-state index is 0.0523. The maximum Gasteiger partial charge on any atom is 0.354 e. The van der Waals surface area contributed by atoms with E-state index in [4.69, 9.17) is 10.2 Å². The summed E-state index contributed by atoms with van der Waals surface area (Å²) in [7, 11) is 0. The zero-order chi connectivity index (χ0) is 11.1. The normalized spacial score (nSPS) is 10.2. The van der Waals surface area contributed by atoms with Crippen LogP contribution < -0.4 is 5.32 Å². The van der Waals surface area contributed by atoms with Gasteiger partial charge in [-0.2, -0.15) is 0 Å². The Morgan fingerprint density at radius 2 is 2.27 bits per heavy atom. The third kappa shape index (κ3) is 4.05. The first-order valence-electron chi connectivity index (χ1n) is 4.75. The van der Waals surface area contributed by atoms with Gasteiger partial charge in [-0.3, -0.25) is 0 Å². The summed E-state index contributed by atoms with van der Waals surface area (Å²) in [5.41, 5.74) is 0.740. The topological polar surface area (TPSA) is 82.5 Å². The molecular weight excluding hydrogens is 196 g/mol. The summed E-state index contributed by atoms with van der Waals surface area (Å²) < 4.78 is 0. The van der Waals surface area contributed by atoms with E-state index in [-0.39, 0.29) is 12.3 Å². The summed E-state index contributed by atoms with van der Waals surface area (Å²) in [6, 6.07) is 4.89. The number of hydrogen-bond acceptors (Lipinski definition) is 4. The first kappa shape index (κ1) is 11.6. The highest BCUT2D eigenvalue weighted by atomic mass is 16.4. The van der Waals surface area contributed by atoms with Crippen molar-refractivity contribution in [3.8, 4) is 0 Å². The molecule has 0 spiro atoms. The molecule has 1 rings (SSSR count). The van der Waals surface area contributed by atoms with Gasteiger partial charge in [0.1, 0.15) is 5.69 Å². The average molecular weight is 210 g/mol. The molecule has 0 saturated carbocycles. The van der Waals surface area contributed by atoms with Gasteiger partial charge in [0.2, 0.25) is 0 Å². The molecule has 1 aromatic rings. The van der Waals surface area contributed by atoms with E-state index in [0.29, 0.717) is 25.2 Å². The van der Waals surface area contributed by atoms with E-state index in [1.165, 1.54) is 6.07 Å². The van der Waals surface area contributed by atoms with Crippen LogP contribution in [0.15, 0.2) is 18.2 Å². The summed E-state index contributed by atoms with van der Waals surface area (Å²) in [6.07, 6.45) is 0.679. The molecular formula is C10H14N2O3. The molecule has 15 heavy (non-hydrogen) atoms. The molecule has 0 aliphatic rings. The highest BCUT2D eigenvalue weighted by Crippen LogP contribution is 1.99. The minimum Gasteiger partial charge on any atom is -0.477 e. The van der Waals surface area contributed by atoms with Crippen LogP contribution >= 0.6 is 0 Å². The lowest BCUT2D eigenvalue weighted by Gasteiger charge is -2.03. The summed E-state index contributed by atoms with van der Waals surface area (Å²) in [5.74, 6) is -1.02. The first-order valence-corrected chi connectivity index (χ1v) is 4.75. The van der Waals surface area contributed by atoms with E-state index in [9.17, 15) is 4.79 Å². The van der Waals surface area contributed by atoms with Crippen molar-refractivity contribution in [3.05, 3.63) is 29.6 Å². The van der Waals surface area contributed by atoms with Crippen molar-refractivity contribution in [2.45, 2.75) is 13.0 Å². The monoisotopic (exact) mass is 210 g/mol. The molecule has 5 heteroatoms. The number of carboxylic acid groups (broad SMARTS) is 1. The van der Waals surface area contributed by atoms with Crippen LogP contribution in [0.25, 0.3) is 0 Å². The average Bonchev–Trinajstić information content (AvgIpc) is 2.25. The molecule has 0 saturated heterocycles. The van der Waals surface area contributed by atoms with E-state index in [1.54, 1.807) is 12.1 Å². The molecule has 82 valence electrons. The molecule has 5 nitrogen and oxygen atoms in total. The fourth-order valence-electron chi connectivity index (χ4n) is 1.12. The van der Waals surface area contributed by atoms with Crippen LogP contribution in [0.2, 0.25) is 0 Å². The van der Waals surface area contributed by atoms with Crippen molar-refractivity contribution < 1.29 is 15.0 Å². The zero-order valence-electron chi connectivity index (χ0n) is 8.31. The highest BCUT2D eigenvalue weighted by molar-refractivity contribution is 5.85. The van der Waals surface area contributed by atoms with Gasteiger partial charge < -0.3 is 15.5 Å². The van der Waals surface area contributed by atoms with E-state index in [1.807, 2.05) is 0 Å². The van der Waals surface area contributed by atoms with Gasteiger partial charge in [-0.15, -0.1) is 0 Å². The third-order valence-corrected chi connectivity index (χ3v) is 1.84. The van der Waals surface area contributed by atoms with Gasteiger partial charge in [0.05, 0.1) is 5.69 Å². The number of aliphatic hydroxyl groups excluding tert-OH is 1. The van der Waals surface area contributed by atoms with E-state index in [0.717, 1.165) is 0 Å². The van der Waals surface area contributed by atoms with Crippen LogP contribution in [0.4, 0.5) is 0 Å². The maximum absolute atomic E-state index is 10.6. The number of carbonyl (C=O) groups is 1. The van der Waals surface area contributed by atoms with Crippen molar-refractivity contribution >= 4 is 5.97 Å². The van der Waals surface area contributed by atoms with Crippen molar-refractivity contribution in [1.82, 2.24) is 10.3 Å². The van der Waals surface area contributed by atoms with Crippen molar-refractivity contribution in [3.63, 3.8) is 0 Å². The number of hydrogen-bond donors (Lipinski definition) is 3. The smallest absolute Gasteiger partial charge is 0.354 e. The number of aromatic carboxylic acids is 1. The Morgan fingerprint density at radius 1 is 1.47 bits per heavy atom. The lowest BCUT2D eigenvalue weighted by Crippen LogP contribution is -2.17. The molecule has 3 N–H and O–H groups in total. The van der Waals surface area contributed by atoms with Gasteiger partial charge in [-0.25, -0.2) is 9.78 Å². The zero-order valence-corrected chi connectivity index (χ0v) is 8.31. The number of nitrogens with one attached hydrogen (secondary N) is 1. The lowest BCUT2D eigenvalue weighted by molar-refractivity contribution is 0.0690. The molecule has 0 aliphatic heterocycles. The Bertz CT molecular complexity index is 328. The van der Waals surface area contributed by atoms with Crippen molar-refractivity contribution in [2.24, 2.45) is 0 Å². The summed E-state index contributed by atoms with van der Waals surface area (Å²) >= 11 is 0. The Morgan fingerprint density at radius 3 is 2.93 bits per heavy atom. The van der Waals surface area contributed by atoms with E-state index < -0.39 is 5.97 Å². The molecule has 0 atom stereocenters. The molecule has 0 aliphatic carbocycles. The Labute approximate surface area is 87.8 Å². The number of nitrogens with zero attached hydrogens (tertiary/aromatic N) is 1. The summed E-state index contributed by atoms with van der Waals surface area (Å²) in [5, 5.41) is 20.3. The van der Waals surface area contributed by atoms with Crippen molar-refractivity contribution in [1.29, 1.82) is 0 Å². The lowest BCUT2D eigenvalue weighted by atomic mass is 10.3. The summed E-state index contributed by atoms with van der Waals surface area (Å²) in [4.78, 5) is 14.6. The Kier molecular flexibility index (Phi) is 4.73. The second-order valence-corrected chi connectivity index (χ2v) is 3.07. The molecule has 0 aromatic carbocycles. The van der Waals surface area contributed by atoms with E-state index >= 15 is 0 Å². The third-order valence-electron chi connectivity index (χ3n) is 1.84. The molecule has 1 aromatic heterocycles. The van der Waals surface area contributed by atoms with Crippen LogP contribution in [0.3, 0.4) is 0 Å². The second kappa shape index (κ2) is 6.10. The van der Waals surface area contributed by atoms with Gasteiger partial charge in [-0.1, -0.05) is 6.07 Å². The molecule has 0 fully saturated rings. The fraction of sp³-hybridized carbons (Fsp3) is 0.400. The van der Waals surface area contributed by atoms with Crippen LogP contribution in [0.1, 0.15) is 22.6 Å². The predicted molar refractivity (Wildman–Crippen MR) is 54.6 cm³/mol. The summed E-state index contributed by atoms with van der Waals surface area (Å²) in [6.45, 7) is 1.35. The number of carboxylic acids is 1.